The maximum absolute atomic E-state index is 5.63. The molecule has 0 unspecified atom stereocenters. The number of hydrogen-bond acceptors (Lipinski definition) is 3. The van der Waals surface area contributed by atoms with Gasteiger partial charge >= 0.3 is 0 Å². The molecule has 0 aliphatic heterocycles. The number of ether oxygens (including phenoxy) is 1. The number of aryl methyl sites for hydroxylation is 2. The van der Waals surface area contributed by atoms with E-state index in [-0.39, 0.29) is 0 Å². The molecule has 0 atom stereocenters. The van der Waals surface area contributed by atoms with Crippen molar-refractivity contribution in [2.24, 2.45) is 0 Å². The van der Waals surface area contributed by atoms with Crippen LogP contribution in [0.4, 0.5) is 0 Å². The van der Waals surface area contributed by atoms with E-state index in [2.05, 4.69) is 35.9 Å². The summed E-state index contributed by atoms with van der Waals surface area (Å²) < 4.78 is 5.63. The zero-order valence-electron chi connectivity index (χ0n) is 11.6. The number of rotatable bonds is 6. The topological polar surface area (TPSA) is 35.0 Å². The predicted octanol–water partition coefficient (Wildman–Crippen LogP) is 3.32. The van der Waals surface area contributed by atoms with Gasteiger partial charge < -0.3 is 4.74 Å². The minimum absolute atomic E-state index is 0.529. The highest BCUT2D eigenvalue weighted by Crippen LogP contribution is 2.06. The van der Waals surface area contributed by atoms with Gasteiger partial charge in [0.2, 0.25) is 0 Å². The van der Waals surface area contributed by atoms with E-state index >= 15 is 0 Å². The zero-order chi connectivity index (χ0) is 13.5. The Hall–Kier alpha value is -1.74. The molecule has 100 valence electrons. The Morgan fingerprint density at radius 1 is 0.789 bits per heavy atom. The van der Waals surface area contributed by atoms with Gasteiger partial charge in [-0.1, -0.05) is 26.0 Å². The fraction of sp³-hybridized carbons (Fsp3) is 0.375. The monoisotopic (exact) mass is 256 g/mol. The second kappa shape index (κ2) is 7.00. The van der Waals surface area contributed by atoms with Gasteiger partial charge in [0, 0.05) is 12.4 Å². The third kappa shape index (κ3) is 4.14. The van der Waals surface area contributed by atoms with Gasteiger partial charge in [0.1, 0.15) is 0 Å². The third-order valence-electron chi connectivity index (χ3n) is 3.09. The van der Waals surface area contributed by atoms with Gasteiger partial charge in [-0.15, -0.1) is 0 Å². The van der Waals surface area contributed by atoms with E-state index in [0.29, 0.717) is 13.2 Å². The van der Waals surface area contributed by atoms with Gasteiger partial charge in [0.15, 0.2) is 0 Å². The molecule has 2 heterocycles. The van der Waals surface area contributed by atoms with Crippen LogP contribution in [0.25, 0.3) is 0 Å². The molecule has 3 nitrogen and oxygen atoms in total. The van der Waals surface area contributed by atoms with Crippen LogP contribution in [0.15, 0.2) is 36.7 Å². The van der Waals surface area contributed by atoms with Crippen molar-refractivity contribution in [1.82, 2.24) is 9.97 Å². The molecule has 3 heteroatoms. The summed E-state index contributed by atoms with van der Waals surface area (Å²) in [5, 5.41) is 0. The average molecular weight is 256 g/mol. The molecular formula is C16H20N2O. The van der Waals surface area contributed by atoms with Gasteiger partial charge in [-0.05, 0) is 36.1 Å². The van der Waals surface area contributed by atoms with E-state index in [4.69, 9.17) is 4.74 Å². The zero-order valence-corrected chi connectivity index (χ0v) is 11.6. The van der Waals surface area contributed by atoms with Crippen molar-refractivity contribution >= 4 is 0 Å². The van der Waals surface area contributed by atoms with Crippen LogP contribution in [-0.2, 0) is 30.8 Å². The number of aromatic nitrogens is 2. The van der Waals surface area contributed by atoms with Crippen molar-refractivity contribution in [3.63, 3.8) is 0 Å². The highest BCUT2D eigenvalue weighted by Gasteiger charge is 1.98. The van der Waals surface area contributed by atoms with Gasteiger partial charge in [0.05, 0.1) is 24.6 Å². The van der Waals surface area contributed by atoms with Crippen LogP contribution >= 0.6 is 0 Å². The molecule has 0 saturated heterocycles. The van der Waals surface area contributed by atoms with E-state index < -0.39 is 0 Å². The largest absolute Gasteiger partial charge is 0.369 e. The highest BCUT2D eigenvalue weighted by atomic mass is 16.5. The average Bonchev–Trinajstić information content (AvgIpc) is 2.49. The molecule has 0 saturated carbocycles. The lowest BCUT2D eigenvalue weighted by Crippen LogP contribution is -1.99. The molecule has 0 radical (unpaired) electrons. The van der Waals surface area contributed by atoms with Crippen LogP contribution < -0.4 is 0 Å². The van der Waals surface area contributed by atoms with Crippen LogP contribution in [0.5, 0.6) is 0 Å². The molecule has 0 aliphatic carbocycles. The molecule has 0 fully saturated rings. The maximum atomic E-state index is 5.63. The SMILES string of the molecule is CCc1ccc(COCc2ccc(CC)cn2)nc1. The molecular weight excluding hydrogens is 236 g/mol. The van der Waals surface area contributed by atoms with E-state index in [1.807, 2.05) is 24.5 Å². The summed E-state index contributed by atoms with van der Waals surface area (Å²) in [6.07, 6.45) is 5.85. The second-order valence-corrected chi connectivity index (χ2v) is 4.52. The molecule has 0 bridgehead atoms. The Morgan fingerprint density at radius 2 is 1.26 bits per heavy atom. The van der Waals surface area contributed by atoms with Gasteiger partial charge in [-0.2, -0.15) is 0 Å². The van der Waals surface area contributed by atoms with E-state index in [9.17, 15) is 0 Å². The fourth-order valence-corrected chi connectivity index (χ4v) is 1.76. The molecule has 19 heavy (non-hydrogen) atoms. The molecule has 0 aromatic carbocycles. The normalized spacial score (nSPS) is 10.6. The van der Waals surface area contributed by atoms with Crippen molar-refractivity contribution < 1.29 is 4.74 Å². The molecule has 2 aromatic rings. The first-order valence-corrected chi connectivity index (χ1v) is 6.77. The first kappa shape index (κ1) is 13.7. The Balaban J connectivity index is 1.81. The van der Waals surface area contributed by atoms with Crippen LogP contribution in [0.2, 0.25) is 0 Å². The summed E-state index contributed by atoms with van der Waals surface area (Å²) in [5.74, 6) is 0. The Bertz CT molecular complexity index is 444. The summed E-state index contributed by atoms with van der Waals surface area (Å²) in [6, 6.07) is 8.23. The van der Waals surface area contributed by atoms with Crippen LogP contribution in [0.3, 0.4) is 0 Å². The molecule has 0 aliphatic rings. The standard InChI is InChI=1S/C16H20N2O/c1-3-13-5-7-15(17-9-13)11-19-12-16-8-6-14(4-2)10-18-16/h5-10H,3-4,11-12H2,1-2H3. The molecule has 2 aromatic heterocycles. The van der Waals surface area contributed by atoms with Crippen LogP contribution in [0.1, 0.15) is 36.4 Å². The van der Waals surface area contributed by atoms with Crippen LogP contribution in [-0.4, -0.2) is 9.97 Å². The van der Waals surface area contributed by atoms with Gasteiger partial charge in [-0.3, -0.25) is 9.97 Å². The lowest BCUT2D eigenvalue weighted by molar-refractivity contribution is 0.102. The predicted molar refractivity (Wildman–Crippen MR) is 75.7 cm³/mol. The van der Waals surface area contributed by atoms with Crippen LogP contribution in [0, 0.1) is 0 Å². The summed E-state index contributed by atoms with van der Waals surface area (Å²) >= 11 is 0. The van der Waals surface area contributed by atoms with E-state index in [1.165, 1.54) is 11.1 Å². The Kier molecular flexibility index (Phi) is 5.04. The number of pyridine rings is 2. The quantitative estimate of drug-likeness (QED) is 0.795. The minimum atomic E-state index is 0.529. The molecule has 0 N–H and O–H groups in total. The first-order chi connectivity index (χ1) is 9.31. The summed E-state index contributed by atoms with van der Waals surface area (Å²) in [7, 11) is 0. The first-order valence-electron chi connectivity index (χ1n) is 6.77. The summed E-state index contributed by atoms with van der Waals surface area (Å²) in [5.41, 5.74) is 4.42. The van der Waals surface area contributed by atoms with Gasteiger partial charge in [-0.25, -0.2) is 0 Å². The third-order valence-corrected chi connectivity index (χ3v) is 3.09. The summed E-state index contributed by atoms with van der Waals surface area (Å²) in [4.78, 5) is 8.73. The minimum Gasteiger partial charge on any atom is -0.369 e. The smallest absolute Gasteiger partial charge is 0.0893 e. The highest BCUT2D eigenvalue weighted by molar-refractivity contribution is 5.14. The molecule has 0 spiro atoms. The van der Waals surface area contributed by atoms with E-state index in [0.717, 1.165) is 24.2 Å². The Labute approximate surface area is 114 Å². The number of hydrogen-bond donors (Lipinski definition) is 0. The lowest BCUT2D eigenvalue weighted by Gasteiger charge is -2.05. The van der Waals surface area contributed by atoms with Crippen molar-refractivity contribution in [3.05, 3.63) is 59.2 Å². The van der Waals surface area contributed by atoms with Crippen molar-refractivity contribution in [2.45, 2.75) is 39.9 Å². The lowest BCUT2D eigenvalue weighted by atomic mass is 10.2. The number of nitrogens with zero attached hydrogens (tertiary/aromatic N) is 2. The Morgan fingerprint density at radius 3 is 1.58 bits per heavy atom. The molecule has 2 rings (SSSR count). The second-order valence-electron chi connectivity index (χ2n) is 4.52. The molecule has 0 amide bonds. The van der Waals surface area contributed by atoms with Crippen molar-refractivity contribution in [1.29, 1.82) is 0 Å². The van der Waals surface area contributed by atoms with Gasteiger partial charge in [0.25, 0.3) is 0 Å². The van der Waals surface area contributed by atoms with Crippen molar-refractivity contribution in [2.75, 3.05) is 0 Å². The van der Waals surface area contributed by atoms with Crippen molar-refractivity contribution in [3.8, 4) is 0 Å². The fourth-order valence-electron chi connectivity index (χ4n) is 1.76. The maximum Gasteiger partial charge on any atom is 0.0893 e. The summed E-state index contributed by atoms with van der Waals surface area (Å²) in [6.45, 7) is 5.31. The van der Waals surface area contributed by atoms with E-state index in [1.54, 1.807) is 0 Å².